The Hall–Kier alpha value is -1.26. The van der Waals surface area contributed by atoms with Crippen LogP contribution in [0, 0.1) is 0 Å². The average Bonchev–Trinajstić information content (AvgIpc) is 2.50. The summed E-state index contributed by atoms with van der Waals surface area (Å²) in [7, 11) is 0. The van der Waals surface area contributed by atoms with Crippen molar-refractivity contribution in [2.24, 2.45) is 5.73 Å². The van der Waals surface area contributed by atoms with Gasteiger partial charge in [-0.15, -0.1) is 0 Å². The molecule has 0 radical (unpaired) electrons. The first kappa shape index (κ1) is 19.8. The lowest BCUT2D eigenvalue weighted by molar-refractivity contribution is -0.203. The lowest BCUT2D eigenvalue weighted by atomic mass is 9.95. The standard InChI is InChI=1S/C14H27N3O6/c1-8(19)16-11-13(22)12(21)9(7-18)23-14(11)17-10(20)5-3-2-4-6-15/h9,11-14,18,21-22H,2-7,15H2,1H3,(H,16,19)(H,17,20)/t9-,11-,12-,13-,14-/m1/s1. The molecule has 5 atom stereocenters. The number of aliphatic hydroxyl groups is 3. The molecule has 2 amide bonds. The molecule has 0 aromatic rings. The monoisotopic (exact) mass is 333 g/mol. The Morgan fingerprint density at radius 2 is 1.83 bits per heavy atom. The Kier molecular flexibility index (Phi) is 8.42. The quantitative estimate of drug-likeness (QED) is 0.270. The number of aliphatic hydroxyl groups excluding tert-OH is 3. The van der Waals surface area contributed by atoms with Gasteiger partial charge in [0.1, 0.15) is 24.4 Å². The van der Waals surface area contributed by atoms with Gasteiger partial charge in [-0.3, -0.25) is 9.59 Å². The molecule has 1 rings (SSSR count). The van der Waals surface area contributed by atoms with Gasteiger partial charge in [0.15, 0.2) is 6.23 Å². The van der Waals surface area contributed by atoms with Crippen LogP contribution in [0.4, 0.5) is 0 Å². The molecule has 134 valence electrons. The number of carbonyl (C=O) groups excluding carboxylic acids is 2. The molecule has 1 heterocycles. The second kappa shape index (κ2) is 9.78. The van der Waals surface area contributed by atoms with E-state index in [0.717, 1.165) is 12.8 Å². The molecule has 7 N–H and O–H groups in total. The molecular formula is C14H27N3O6. The first-order chi connectivity index (χ1) is 10.9. The number of nitrogens with two attached hydrogens (primary N) is 1. The molecular weight excluding hydrogens is 306 g/mol. The summed E-state index contributed by atoms with van der Waals surface area (Å²) < 4.78 is 5.40. The summed E-state index contributed by atoms with van der Waals surface area (Å²) in [5.41, 5.74) is 5.38. The third kappa shape index (κ3) is 6.04. The van der Waals surface area contributed by atoms with Crippen molar-refractivity contribution in [2.75, 3.05) is 13.2 Å². The highest BCUT2D eigenvalue weighted by atomic mass is 16.5. The second-order valence-corrected chi connectivity index (χ2v) is 5.65. The van der Waals surface area contributed by atoms with E-state index in [0.29, 0.717) is 13.0 Å². The highest BCUT2D eigenvalue weighted by Crippen LogP contribution is 2.20. The molecule has 1 saturated heterocycles. The molecule has 0 spiro atoms. The van der Waals surface area contributed by atoms with Crippen molar-refractivity contribution in [1.29, 1.82) is 0 Å². The molecule has 1 aliphatic heterocycles. The van der Waals surface area contributed by atoms with Crippen LogP contribution in [0.1, 0.15) is 32.6 Å². The Bertz CT molecular complexity index is 395. The number of carbonyl (C=O) groups is 2. The zero-order chi connectivity index (χ0) is 17.4. The molecule has 1 aliphatic rings. The maximum atomic E-state index is 11.9. The fraction of sp³-hybridized carbons (Fsp3) is 0.857. The van der Waals surface area contributed by atoms with E-state index < -0.39 is 43.1 Å². The van der Waals surface area contributed by atoms with E-state index in [1.54, 1.807) is 0 Å². The summed E-state index contributed by atoms with van der Waals surface area (Å²) in [5.74, 6) is -0.739. The average molecular weight is 333 g/mol. The number of amides is 2. The van der Waals surface area contributed by atoms with E-state index in [1.165, 1.54) is 6.92 Å². The predicted octanol–water partition coefficient (Wildman–Crippen LogP) is -2.43. The number of hydrogen-bond donors (Lipinski definition) is 6. The Labute approximate surface area is 135 Å². The van der Waals surface area contributed by atoms with Gasteiger partial charge in [-0.25, -0.2) is 0 Å². The minimum atomic E-state index is -1.37. The van der Waals surface area contributed by atoms with Gasteiger partial charge >= 0.3 is 0 Å². The number of ether oxygens (including phenoxy) is 1. The smallest absolute Gasteiger partial charge is 0.222 e. The molecule has 0 bridgehead atoms. The molecule has 0 aromatic heterocycles. The van der Waals surface area contributed by atoms with Gasteiger partial charge in [0.05, 0.1) is 6.61 Å². The van der Waals surface area contributed by atoms with Crippen LogP contribution >= 0.6 is 0 Å². The van der Waals surface area contributed by atoms with E-state index in [-0.39, 0.29) is 12.3 Å². The van der Waals surface area contributed by atoms with Crippen molar-refractivity contribution in [2.45, 2.75) is 63.2 Å². The fourth-order valence-corrected chi connectivity index (χ4v) is 2.47. The van der Waals surface area contributed by atoms with Crippen molar-refractivity contribution in [3.63, 3.8) is 0 Å². The van der Waals surface area contributed by atoms with Crippen molar-refractivity contribution >= 4 is 11.8 Å². The van der Waals surface area contributed by atoms with E-state index in [4.69, 9.17) is 10.5 Å². The maximum Gasteiger partial charge on any atom is 0.222 e. The Balaban J connectivity index is 2.65. The number of rotatable bonds is 8. The normalized spacial score (nSPS) is 30.7. The van der Waals surface area contributed by atoms with Gasteiger partial charge in [-0.2, -0.15) is 0 Å². The van der Waals surface area contributed by atoms with Crippen LogP contribution in [0.25, 0.3) is 0 Å². The van der Waals surface area contributed by atoms with E-state index in [9.17, 15) is 24.9 Å². The Morgan fingerprint density at radius 1 is 1.13 bits per heavy atom. The number of unbranched alkanes of at least 4 members (excludes halogenated alkanes) is 2. The summed E-state index contributed by atoms with van der Waals surface area (Å²) in [6.45, 7) is 1.30. The van der Waals surface area contributed by atoms with Crippen LogP contribution in [0.2, 0.25) is 0 Å². The third-order valence-corrected chi connectivity index (χ3v) is 3.71. The lowest BCUT2D eigenvalue weighted by Gasteiger charge is -2.42. The SMILES string of the molecule is CC(=O)N[C@@H]1[C@@H](O)[C@H](O)[C@@H](CO)O[C@H]1NC(=O)CCCCCN. The van der Waals surface area contributed by atoms with E-state index >= 15 is 0 Å². The minimum absolute atomic E-state index is 0.259. The molecule has 0 saturated carbocycles. The molecule has 1 fully saturated rings. The summed E-state index contributed by atoms with van der Waals surface area (Å²) in [6.07, 6.45) is -2.23. The molecule has 23 heavy (non-hydrogen) atoms. The highest BCUT2D eigenvalue weighted by Gasteiger charge is 2.45. The number of nitrogens with one attached hydrogen (secondary N) is 2. The fourth-order valence-electron chi connectivity index (χ4n) is 2.47. The third-order valence-electron chi connectivity index (χ3n) is 3.71. The van der Waals surface area contributed by atoms with Gasteiger partial charge in [0.2, 0.25) is 11.8 Å². The zero-order valence-corrected chi connectivity index (χ0v) is 13.3. The van der Waals surface area contributed by atoms with E-state index in [1.807, 2.05) is 0 Å². The molecule has 0 aliphatic carbocycles. The predicted molar refractivity (Wildman–Crippen MR) is 81.0 cm³/mol. The van der Waals surface area contributed by atoms with Gasteiger partial charge in [-0.1, -0.05) is 6.42 Å². The van der Waals surface area contributed by atoms with Crippen LogP contribution in [0.3, 0.4) is 0 Å². The summed E-state index contributed by atoms with van der Waals surface area (Å²) >= 11 is 0. The van der Waals surface area contributed by atoms with Crippen LogP contribution in [0.15, 0.2) is 0 Å². The Morgan fingerprint density at radius 3 is 2.39 bits per heavy atom. The molecule has 0 aromatic carbocycles. The molecule has 9 nitrogen and oxygen atoms in total. The maximum absolute atomic E-state index is 11.9. The first-order valence-electron chi connectivity index (χ1n) is 7.79. The van der Waals surface area contributed by atoms with Crippen LogP contribution in [-0.2, 0) is 14.3 Å². The van der Waals surface area contributed by atoms with Crippen molar-refractivity contribution in [3.05, 3.63) is 0 Å². The van der Waals surface area contributed by atoms with Crippen molar-refractivity contribution in [1.82, 2.24) is 10.6 Å². The topological polar surface area (TPSA) is 154 Å². The molecule has 0 unspecified atom stereocenters. The first-order valence-corrected chi connectivity index (χ1v) is 7.79. The zero-order valence-electron chi connectivity index (χ0n) is 13.3. The molecule has 9 heteroatoms. The van der Waals surface area contributed by atoms with Crippen LogP contribution < -0.4 is 16.4 Å². The van der Waals surface area contributed by atoms with Gasteiger partial charge < -0.3 is 36.4 Å². The van der Waals surface area contributed by atoms with Crippen molar-refractivity contribution in [3.8, 4) is 0 Å². The van der Waals surface area contributed by atoms with Crippen molar-refractivity contribution < 1.29 is 29.6 Å². The summed E-state index contributed by atoms with van der Waals surface area (Å²) in [5, 5.41) is 34.2. The summed E-state index contributed by atoms with van der Waals surface area (Å²) in [4.78, 5) is 23.2. The minimum Gasteiger partial charge on any atom is -0.394 e. The number of hydrogen-bond acceptors (Lipinski definition) is 7. The lowest BCUT2D eigenvalue weighted by Crippen LogP contribution is -2.68. The van der Waals surface area contributed by atoms with Gasteiger partial charge in [-0.05, 0) is 19.4 Å². The van der Waals surface area contributed by atoms with Gasteiger partial charge in [0.25, 0.3) is 0 Å². The highest BCUT2D eigenvalue weighted by molar-refractivity contribution is 5.76. The van der Waals surface area contributed by atoms with Crippen LogP contribution in [-0.4, -0.2) is 70.9 Å². The van der Waals surface area contributed by atoms with Crippen LogP contribution in [0.5, 0.6) is 0 Å². The van der Waals surface area contributed by atoms with E-state index in [2.05, 4.69) is 10.6 Å². The second-order valence-electron chi connectivity index (χ2n) is 5.65. The summed E-state index contributed by atoms with van der Waals surface area (Å²) in [6, 6.07) is -1.00. The largest absolute Gasteiger partial charge is 0.394 e. The van der Waals surface area contributed by atoms with Gasteiger partial charge in [0, 0.05) is 13.3 Å².